The van der Waals surface area contributed by atoms with Crippen LogP contribution in [-0.4, -0.2) is 34.9 Å². The van der Waals surface area contributed by atoms with E-state index in [0.717, 1.165) is 11.3 Å². The van der Waals surface area contributed by atoms with Crippen molar-refractivity contribution in [1.82, 2.24) is 5.32 Å². The summed E-state index contributed by atoms with van der Waals surface area (Å²) < 4.78 is 5.07. The molecule has 4 nitrogen and oxygen atoms in total. The first-order valence-corrected chi connectivity index (χ1v) is 6.64. The normalized spacial score (nSPS) is 23.4. The third-order valence-electron chi connectivity index (χ3n) is 2.57. The lowest BCUT2D eigenvalue weighted by Gasteiger charge is -2.15. The van der Waals surface area contributed by atoms with Crippen molar-refractivity contribution in [1.29, 1.82) is 0 Å². The number of alkyl carbamates (subject to hydrolysis) is 1. The van der Waals surface area contributed by atoms with Crippen LogP contribution in [-0.2, 0) is 11.3 Å². The summed E-state index contributed by atoms with van der Waals surface area (Å²) in [5, 5.41) is 12.2. The fourth-order valence-corrected chi connectivity index (χ4v) is 2.77. The summed E-state index contributed by atoms with van der Waals surface area (Å²) in [5.74, 6) is 1.41. The number of amides is 1. The molecule has 1 aromatic rings. The van der Waals surface area contributed by atoms with Gasteiger partial charge in [0.25, 0.3) is 0 Å². The Bertz CT molecular complexity index is 371. The highest BCUT2D eigenvalue weighted by Crippen LogP contribution is 2.18. The predicted octanol–water partition coefficient (Wildman–Crippen LogP) is 1.39. The molecule has 0 saturated carbocycles. The molecule has 0 radical (unpaired) electrons. The number of aliphatic hydroxyl groups is 1. The van der Waals surface area contributed by atoms with Gasteiger partial charge in [0.05, 0.1) is 12.1 Å². The first-order valence-electron chi connectivity index (χ1n) is 5.49. The molecule has 1 aliphatic heterocycles. The van der Waals surface area contributed by atoms with Gasteiger partial charge in [0.1, 0.15) is 6.61 Å². The number of benzene rings is 1. The van der Waals surface area contributed by atoms with Gasteiger partial charge in [-0.05, 0) is 5.56 Å². The van der Waals surface area contributed by atoms with Crippen molar-refractivity contribution >= 4 is 17.9 Å². The topological polar surface area (TPSA) is 58.6 Å². The van der Waals surface area contributed by atoms with E-state index in [1.54, 1.807) is 11.8 Å². The second-order valence-electron chi connectivity index (χ2n) is 3.92. The summed E-state index contributed by atoms with van der Waals surface area (Å²) in [6.07, 6.45) is -0.940. The van der Waals surface area contributed by atoms with Crippen LogP contribution in [0, 0.1) is 0 Å². The highest BCUT2D eigenvalue weighted by Gasteiger charge is 2.27. The first kappa shape index (κ1) is 12.3. The molecule has 2 N–H and O–H groups in total. The minimum Gasteiger partial charge on any atom is -0.445 e. The number of hydrogen-bond donors (Lipinski definition) is 2. The van der Waals surface area contributed by atoms with E-state index in [2.05, 4.69) is 5.32 Å². The maximum atomic E-state index is 11.5. The van der Waals surface area contributed by atoms with Gasteiger partial charge in [-0.25, -0.2) is 4.79 Å². The highest BCUT2D eigenvalue weighted by molar-refractivity contribution is 7.99. The van der Waals surface area contributed by atoms with Gasteiger partial charge in [0, 0.05) is 11.5 Å². The van der Waals surface area contributed by atoms with Crippen LogP contribution >= 0.6 is 11.8 Å². The molecule has 1 saturated heterocycles. The Balaban J connectivity index is 1.74. The molecule has 2 atom stereocenters. The van der Waals surface area contributed by atoms with E-state index in [4.69, 9.17) is 4.74 Å². The minimum atomic E-state index is -0.472. The van der Waals surface area contributed by atoms with Crippen molar-refractivity contribution in [2.24, 2.45) is 0 Å². The number of carbonyl (C=O) groups is 1. The van der Waals surface area contributed by atoms with E-state index in [-0.39, 0.29) is 12.6 Å². The van der Waals surface area contributed by atoms with Crippen molar-refractivity contribution in [2.45, 2.75) is 18.8 Å². The van der Waals surface area contributed by atoms with Crippen molar-refractivity contribution in [3.05, 3.63) is 35.9 Å². The second-order valence-corrected chi connectivity index (χ2v) is 4.99. The molecule has 0 aromatic heterocycles. The molecule has 1 aliphatic rings. The van der Waals surface area contributed by atoms with Gasteiger partial charge < -0.3 is 15.2 Å². The summed E-state index contributed by atoms with van der Waals surface area (Å²) in [6.45, 7) is 0.253. The smallest absolute Gasteiger partial charge is 0.407 e. The molecule has 1 aromatic carbocycles. The monoisotopic (exact) mass is 253 g/mol. The van der Waals surface area contributed by atoms with Crippen molar-refractivity contribution in [3.63, 3.8) is 0 Å². The van der Waals surface area contributed by atoms with Gasteiger partial charge in [0.2, 0.25) is 0 Å². The largest absolute Gasteiger partial charge is 0.445 e. The standard InChI is InChI=1S/C12H15NO3S/c14-11-8-17-7-10(11)13-12(15)16-6-9-4-2-1-3-5-9/h1-5,10-11,14H,6-8H2,(H,13,15)/t10-,11-/m1/s1. The summed E-state index contributed by atoms with van der Waals surface area (Å²) in [4.78, 5) is 11.5. The zero-order valence-electron chi connectivity index (χ0n) is 9.33. The fourth-order valence-electron chi connectivity index (χ4n) is 1.60. The van der Waals surface area contributed by atoms with Crippen LogP contribution in [0.25, 0.3) is 0 Å². The number of aliphatic hydroxyl groups excluding tert-OH is 1. The number of rotatable bonds is 3. The predicted molar refractivity (Wildman–Crippen MR) is 66.9 cm³/mol. The van der Waals surface area contributed by atoms with Crippen molar-refractivity contribution in [3.8, 4) is 0 Å². The van der Waals surface area contributed by atoms with Crippen LogP contribution in [0.4, 0.5) is 4.79 Å². The van der Waals surface area contributed by atoms with Crippen LogP contribution in [0.2, 0.25) is 0 Å². The summed E-state index contributed by atoms with van der Waals surface area (Å²) in [5.41, 5.74) is 0.948. The average Bonchev–Trinajstić information content (AvgIpc) is 2.74. The van der Waals surface area contributed by atoms with Crippen LogP contribution in [0.5, 0.6) is 0 Å². The SMILES string of the molecule is O=C(N[C@@H]1CSC[C@H]1O)OCc1ccccc1. The summed E-state index contributed by atoms with van der Waals surface area (Å²) >= 11 is 1.63. The zero-order chi connectivity index (χ0) is 12.1. The van der Waals surface area contributed by atoms with E-state index >= 15 is 0 Å². The van der Waals surface area contributed by atoms with Gasteiger partial charge in [-0.15, -0.1) is 0 Å². The molecule has 1 fully saturated rings. The lowest BCUT2D eigenvalue weighted by atomic mass is 10.2. The van der Waals surface area contributed by atoms with E-state index in [1.807, 2.05) is 30.3 Å². The first-order chi connectivity index (χ1) is 8.25. The Morgan fingerprint density at radius 2 is 2.18 bits per heavy atom. The number of carbonyl (C=O) groups excluding carboxylic acids is 1. The number of nitrogens with one attached hydrogen (secondary N) is 1. The number of thioether (sulfide) groups is 1. The lowest BCUT2D eigenvalue weighted by molar-refractivity contribution is 0.118. The van der Waals surface area contributed by atoms with E-state index in [1.165, 1.54) is 0 Å². The molecule has 0 bridgehead atoms. The van der Waals surface area contributed by atoms with E-state index in [0.29, 0.717) is 5.75 Å². The maximum absolute atomic E-state index is 11.5. The molecule has 92 valence electrons. The number of ether oxygens (including phenoxy) is 1. The number of hydrogen-bond acceptors (Lipinski definition) is 4. The average molecular weight is 253 g/mol. The molecule has 17 heavy (non-hydrogen) atoms. The summed E-state index contributed by atoms with van der Waals surface area (Å²) in [7, 11) is 0. The highest BCUT2D eigenvalue weighted by atomic mass is 32.2. The van der Waals surface area contributed by atoms with Gasteiger partial charge in [-0.3, -0.25) is 0 Å². The third kappa shape index (κ3) is 3.64. The maximum Gasteiger partial charge on any atom is 0.407 e. The van der Waals surface area contributed by atoms with Gasteiger partial charge >= 0.3 is 6.09 Å². The zero-order valence-corrected chi connectivity index (χ0v) is 10.2. The quantitative estimate of drug-likeness (QED) is 0.854. The molecule has 0 unspecified atom stereocenters. The Hall–Kier alpha value is -1.20. The summed E-state index contributed by atoms with van der Waals surface area (Å²) in [6, 6.07) is 9.31. The van der Waals surface area contributed by atoms with Crippen molar-refractivity contribution < 1.29 is 14.6 Å². The molecular weight excluding hydrogens is 238 g/mol. The van der Waals surface area contributed by atoms with E-state index in [9.17, 15) is 9.90 Å². The Morgan fingerprint density at radius 1 is 1.41 bits per heavy atom. The van der Waals surface area contributed by atoms with Gasteiger partial charge in [0.15, 0.2) is 0 Å². The van der Waals surface area contributed by atoms with Crippen LogP contribution in [0.15, 0.2) is 30.3 Å². The van der Waals surface area contributed by atoms with Crippen LogP contribution < -0.4 is 5.32 Å². The fraction of sp³-hybridized carbons (Fsp3) is 0.417. The Morgan fingerprint density at radius 3 is 2.82 bits per heavy atom. The molecule has 2 rings (SSSR count). The van der Waals surface area contributed by atoms with E-state index < -0.39 is 12.2 Å². The molecule has 1 heterocycles. The van der Waals surface area contributed by atoms with Crippen LogP contribution in [0.3, 0.4) is 0 Å². The van der Waals surface area contributed by atoms with Crippen LogP contribution in [0.1, 0.15) is 5.56 Å². The Kier molecular flexibility index (Phi) is 4.28. The van der Waals surface area contributed by atoms with Gasteiger partial charge in [-0.2, -0.15) is 11.8 Å². The third-order valence-corrected chi connectivity index (χ3v) is 3.74. The van der Waals surface area contributed by atoms with Gasteiger partial charge in [-0.1, -0.05) is 30.3 Å². The molecule has 5 heteroatoms. The van der Waals surface area contributed by atoms with Crippen molar-refractivity contribution in [2.75, 3.05) is 11.5 Å². The second kappa shape index (κ2) is 5.93. The molecule has 0 aliphatic carbocycles. The minimum absolute atomic E-state index is 0.191. The molecule has 1 amide bonds. The Labute approximate surface area is 104 Å². The molecule has 0 spiro atoms. The lowest BCUT2D eigenvalue weighted by Crippen LogP contribution is -2.42. The molecular formula is C12H15NO3S.